The summed E-state index contributed by atoms with van der Waals surface area (Å²) in [5.74, 6) is 0. The van der Waals surface area contributed by atoms with Crippen molar-refractivity contribution in [2.75, 3.05) is 6.16 Å². The monoisotopic (exact) mass is 182 g/mol. The molecule has 1 unspecified atom stereocenters. The van der Waals surface area contributed by atoms with Gasteiger partial charge < -0.3 is 4.89 Å². The predicted octanol–water partition coefficient (Wildman–Crippen LogP) is 2.17. The van der Waals surface area contributed by atoms with Gasteiger partial charge in [-0.25, -0.2) is 0 Å². The lowest BCUT2D eigenvalue weighted by atomic mass is 10.2. The van der Waals surface area contributed by atoms with E-state index in [9.17, 15) is 4.57 Å². The Morgan fingerprint density at radius 2 is 2.00 bits per heavy atom. The third kappa shape index (κ3) is 3.51. The van der Waals surface area contributed by atoms with Crippen molar-refractivity contribution in [3.05, 3.63) is 42.0 Å². The SMILES string of the molecule is O=[PH](O)CC=Cc1ccccc1. The highest BCUT2D eigenvalue weighted by molar-refractivity contribution is 7.38. The van der Waals surface area contributed by atoms with Crippen LogP contribution in [-0.2, 0) is 4.57 Å². The lowest BCUT2D eigenvalue weighted by Crippen LogP contribution is -1.70. The fraction of sp³-hybridized carbons (Fsp3) is 0.111. The summed E-state index contributed by atoms with van der Waals surface area (Å²) in [5, 5.41) is 0. The summed E-state index contributed by atoms with van der Waals surface area (Å²) in [4.78, 5) is 8.53. The van der Waals surface area contributed by atoms with Gasteiger partial charge in [-0.1, -0.05) is 42.5 Å². The third-order valence-corrected chi connectivity index (χ3v) is 1.99. The quantitative estimate of drug-likeness (QED) is 0.727. The molecule has 0 radical (unpaired) electrons. The fourth-order valence-corrected chi connectivity index (χ4v) is 1.18. The van der Waals surface area contributed by atoms with E-state index >= 15 is 0 Å². The Kier molecular flexibility index (Phi) is 3.78. The van der Waals surface area contributed by atoms with Gasteiger partial charge in [0, 0.05) is 6.16 Å². The maximum Gasteiger partial charge on any atom is 0.192 e. The van der Waals surface area contributed by atoms with Crippen LogP contribution in [0.3, 0.4) is 0 Å². The average Bonchev–Trinajstić information content (AvgIpc) is 2.05. The molecule has 1 atom stereocenters. The largest absolute Gasteiger partial charge is 0.346 e. The first-order valence-electron chi connectivity index (χ1n) is 3.72. The second-order valence-electron chi connectivity index (χ2n) is 2.41. The van der Waals surface area contributed by atoms with Gasteiger partial charge in [0.15, 0.2) is 8.03 Å². The van der Waals surface area contributed by atoms with Crippen LogP contribution in [0.4, 0.5) is 0 Å². The number of hydrogen-bond acceptors (Lipinski definition) is 1. The second kappa shape index (κ2) is 4.91. The average molecular weight is 182 g/mol. The maximum atomic E-state index is 10.3. The molecule has 0 bridgehead atoms. The van der Waals surface area contributed by atoms with E-state index < -0.39 is 8.03 Å². The van der Waals surface area contributed by atoms with Gasteiger partial charge in [-0.15, -0.1) is 0 Å². The highest BCUT2D eigenvalue weighted by atomic mass is 31.1. The summed E-state index contributed by atoms with van der Waals surface area (Å²) >= 11 is 0. The van der Waals surface area contributed by atoms with E-state index in [1.165, 1.54) is 0 Å². The highest BCUT2D eigenvalue weighted by Gasteiger charge is 1.86. The first-order chi connectivity index (χ1) is 5.79. The van der Waals surface area contributed by atoms with E-state index in [0.717, 1.165) is 5.56 Å². The van der Waals surface area contributed by atoms with Crippen LogP contribution in [0.15, 0.2) is 36.4 Å². The van der Waals surface area contributed by atoms with Crippen LogP contribution in [0.2, 0.25) is 0 Å². The lowest BCUT2D eigenvalue weighted by Gasteiger charge is -1.89. The minimum Gasteiger partial charge on any atom is -0.346 e. The smallest absolute Gasteiger partial charge is 0.192 e. The highest BCUT2D eigenvalue weighted by Crippen LogP contribution is 2.12. The van der Waals surface area contributed by atoms with Crippen LogP contribution >= 0.6 is 8.03 Å². The molecule has 12 heavy (non-hydrogen) atoms. The summed E-state index contributed by atoms with van der Waals surface area (Å²) in [6, 6.07) is 9.70. The standard InChI is InChI=1S/C9H11O2P/c10-12(11)8-4-7-9-5-2-1-3-6-9/h1-7,12H,8H2,(H,10,11). The normalized spacial score (nSPS) is 13.4. The Morgan fingerprint density at radius 3 is 2.58 bits per heavy atom. The molecular formula is C9H11O2P. The van der Waals surface area contributed by atoms with Crippen molar-refractivity contribution < 1.29 is 9.46 Å². The van der Waals surface area contributed by atoms with Gasteiger partial charge in [0.2, 0.25) is 0 Å². The van der Waals surface area contributed by atoms with Crippen molar-refractivity contribution >= 4 is 14.1 Å². The zero-order valence-electron chi connectivity index (χ0n) is 6.60. The molecule has 1 N–H and O–H groups in total. The molecule has 1 aromatic carbocycles. The third-order valence-electron chi connectivity index (χ3n) is 1.40. The number of allylic oxidation sites excluding steroid dienone is 1. The molecular weight excluding hydrogens is 171 g/mol. The topological polar surface area (TPSA) is 37.3 Å². The van der Waals surface area contributed by atoms with E-state index in [4.69, 9.17) is 4.89 Å². The van der Waals surface area contributed by atoms with Gasteiger partial charge in [-0.05, 0) is 5.56 Å². The Hall–Kier alpha value is -0.850. The lowest BCUT2D eigenvalue weighted by molar-refractivity contribution is 0.506. The van der Waals surface area contributed by atoms with Crippen molar-refractivity contribution in [3.8, 4) is 0 Å². The van der Waals surface area contributed by atoms with Crippen LogP contribution in [0.5, 0.6) is 0 Å². The molecule has 1 aromatic rings. The van der Waals surface area contributed by atoms with E-state index in [2.05, 4.69) is 0 Å². The summed E-state index contributed by atoms with van der Waals surface area (Å²) in [6.07, 6.45) is 3.83. The summed E-state index contributed by atoms with van der Waals surface area (Å²) in [6.45, 7) is 0. The Morgan fingerprint density at radius 1 is 1.33 bits per heavy atom. The molecule has 0 heterocycles. The van der Waals surface area contributed by atoms with Crippen molar-refractivity contribution in [1.82, 2.24) is 0 Å². The number of hydrogen-bond donors (Lipinski definition) is 1. The van der Waals surface area contributed by atoms with Crippen LogP contribution in [0.1, 0.15) is 5.56 Å². The summed E-state index contributed by atoms with van der Waals surface area (Å²) in [5.41, 5.74) is 1.06. The Balaban J connectivity index is 2.52. The van der Waals surface area contributed by atoms with Gasteiger partial charge in [0.05, 0.1) is 0 Å². The molecule has 3 heteroatoms. The Bertz CT molecular complexity index is 280. The second-order valence-corrected chi connectivity index (χ2v) is 3.61. The minimum absolute atomic E-state index is 0.263. The molecule has 0 aliphatic carbocycles. The molecule has 0 saturated carbocycles. The van der Waals surface area contributed by atoms with Crippen molar-refractivity contribution in [2.24, 2.45) is 0 Å². The molecule has 2 nitrogen and oxygen atoms in total. The van der Waals surface area contributed by atoms with Gasteiger partial charge in [-0.3, -0.25) is 4.57 Å². The summed E-state index contributed by atoms with van der Waals surface area (Å²) in [7, 11) is -2.34. The first kappa shape index (κ1) is 9.24. The van der Waals surface area contributed by atoms with Gasteiger partial charge in [0.1, 0.15) is 0 Å². The predicted molar refractivity (Wildman–Crippen MR) is 51.6 cm³/mol. The van der Waals surface area contributed by atoms with E-state index in [1.807, 2.05) is 36.4 Å². The van der Waals surface area contributed by atoms with Gasteiger partial charge in [0.25, 0.3) is 0 Å². The molecule has 0 aliphatic rings. The molecule has 0 spiro atoms. The van der Waals surface area contributed by atoms with Crippen molar-refractivity contribution in [2.45, 2.75) is 0 Å². The van der Waals surface area contributed by atoms with Crippen molar-refractivity contribution in [3.63, 3.8) is 0 Å². The Labute approximate surface area is 72.4 Å². The number of benzene rings is 1. The van der Waals surface area contributed by atoms with Gasteiger partial charge in [-0.2, -0.15) is 0 Å². The molecule has 0 aliphatic heterocycles. The molecule has 1 rings (SSSR count). The molecule has 64 valence electrons. The molecule has 0 aromatic heterocycles. The van der Waals surface area contributed by atoms with E-state index in [-0.39, 0.29) is 6.16 Å². The van der Waals surface area contributed by atoms with E-state index in [1.54, 1.807) is 6.08 Å². The molecule has 0 amide bonds. The molecule has 0 fully saturated rings. The zero-order valence-corrected chi connectivity index (χ0v) is 7.60. The van der Waals surface area contributed by atoms with Crippen molar-refractivity contribution in [1.29, 1.82) is 0 Å². The fourth-order valence-electron chi connectivity index (χ4n) is 0.860. The number of rotatable bonds is 3. The van der Waals surface area contributed by atoms with Gasteiger partial charge >= 0.3 is 0 Å². The first-order valence-corrected chi connectivity index (χ1v) is 5.28. The van der Waals surface area contributed by atoms with Crippen LogP contribution in [-0.4, -0.2) is 11.1 Å². The van der Waals surface area contributed by atoms with E-state index in [0.29, 0.717) is 0 Å². The zero-order chi connectivity index (χ0) is 8.81. The van der Waals surface area contributed by atoms with Crippen LogP contribution in [0.25, 0.3) is 6.08 Å². The van der Waals surface area contributed by atoms with Crippen LogP contribution < -0.4 is 0 Å². The van der Waals surface area contributed by atoms with Crippen LogP contribution in [0, 0.1) is 0 Å². The molecule has 0 saturated heterocycles. The summed E-state index contributed by atoms with van der Waals surface area (Å²) < 4.78 is 10.3. The minimum atomic E-state index is -2.34. The maximum absolute atomic E-state index is 10.3.